The summed E-state index contributed by atoms with van der Waals surface area (Å²) in [7, 11) is 0. The third-order valence-electron chi connectivity index (χ3n) is 3.74. The minimum atomic E-state index is -0.336. The molecule has 2 aromatic rings. The Labute approximate surface area is 132 Å². The largest absolute Gasteiger partial charge is 0.366 e. The van der Waals surface area contributed by atoms with Gasteiger partial charge in [0, 0.05) is 44.1 Å². The summed E-state index contributed by atoms with van der Waals surface area (Å²) in [5.41, 5.74) is 0.908. The van der Waals surface area contributed by atoms with Crippen LogP contribution in [0.3, 0.4) is 0 Å². The Morgan fingerprint density at radius 1 is 1.27 bits per heavy atom. The lowest BCUT2D eigenvalue weighted by molar-refractivity contribution is 0.597. The summed E-state index contributed by atoms with van der Waals surface area (Å²) in [5.74, 6) is 0.539. The molecule has 2 heterocycles. The first-order valence-electron chi connectivity index (χ1n) is 7.23. The van der Waals surface area contributed by atoms with Crippen molar-refractivity contribution in [2.45, 2.75) is 13.3 Å². The van der Waals surface area contributed by atoms with Crippen LogP contribution in [0.2, 0.25) is 0 Å². The first kappa shape index (κ1) is 14.7. The molecular formula is C15H16FN5S. The summed E-state index contributed by atoms with van der Waals surface area (Å²) in [4.78, 5) is 8.69. The van der Waals surface area contributed by atoms with Crippen molar-refractivity contribution in [1.29, 1.82) is 5.26 Å². The summed E-state index contributed by atoms with van der Waals surface area (Å²) in [6.07, 6.45) is 0.840. The fourth-order valence-electron chi connectivity index (χ4n) is 2.49. The molecule has 0 spiro atoms. The van der Waals surface area contributed by atoms with E-state index < -0.39 is 0 Å². The Morgan fingerprint density at radius 2 is 2.00 bits per heavy atom. The van der Waals surface area contributed by atoms with E-state index in [-0.39, 0.29) is 5.82 Å². The van der Waals surface area contributed by atoms with Crippen molar-refractivity contribution in [2.24, 2.45) is 0 Å². The van der Waals surface area contributed by atoms with Gasteiger partial charge >= 0.3 is 0 Å². The lowest BCUT2D eigenvalue weighted by atomic mass is 10.2. The van der Waals surface area contributed by atoms with Crippen LogP contribution in [0, 0.1) is 17.1 Å². The van der Waals surface area contributed by atoms with Gasteiger partial charge in [0.2, 0.25) is 5.13 Å². The van der Waals surface area contributed by atoms with Crippen LogP contribution in [-0.2, 0) is 6.42 Å². The maximum absolute atomic E-state index is 14.1. The van der Waals surface area contributed by atoms with Gasteiger partial charge in [-0.05, 0) is 18.2 Å². The van der Waals surface area contributed by atoms with Gasteiger partial charge in [0.25, 0.3) is 0 Å². The van der Waals surface area contributed by atoms with E-state index in [2.05, 4.69) is 14.3 Å². The van der Waals surface area contributed by atoms with E-state index in [1.165, 1.54) is 17.6 Å². The molecule has 1 fully saturated rings. The molecule has 5 nitrogen and oxygen atoms in total. The van der Waals surface area contributed by atoms with Crippen LogP contribution >= 0.6 is 11.5 Å². The second kappa shape index (κ2) is 6.28. The molecule has 1 aliphatic rings. The van der Waals surface area contributed by atoms with Gasteiger partial charge in [0.1, 0.15) is 11.6 Å². The van der Waals surface area contributed by atoms with Gasteiger partial charge in [0.15, 0.2) is 0 Å². The van der Waals surface area contributed by atoms with Crippen molar-refractivity contribution in [3.8, 4) is 6.07 Å². The smallest absolute Gasteiger partial charge is 0.205 e. The molecule has 0 aliphatic carbocycles. The number of aromatic nitrogens is 2. The van der Waals surface area contributed by atoms with Crippen LogP contribution in [0.4, 0.5) is 15.2 Å². The molecule has 22 heavy (non-hydrogen) atoms. The molecule has 0 N–H and O–H groups in total. The van der Waals surface area contributed by atoms with Gasteiger partial charge in [-0.1, -0.05) is 6.92 Å². The maximum atomic E-state index is 14.1. The van der Waals surface area contributed by atoms with Gasteiger partial charge in [0.05, 0.1) is 17.3 Å². The van der Waals surface area contributed by atoms with Gasteiger partial charge < -0.3 is 9.80 Å². The number of benzene rings is 1. The van der Waals surface area contributed by atoms with E-state index >= 15 is 0 Å². The third-order valence-corrected chi connectivity index (χ3v) is 4.56. The second-order valence-corrected chi connectivity index (χ2v) is 5.83. The van der Waals surface area contributed by atoms with Crippen LogP contribution in [-0.4, -0.2) is 35.5 Å². The summed E-state index contributed by atoms with van der Waals surface area (Å²) >= 11 is 1.42. The van der Waals surface area contributed by atoms with E-state index in [9.17, 15) is 4.39 Å². The Morgan fingerprint density at radius 3 is 2.59 bits per heavy atom. The van der Waals surface area contributed by atoms with E-state index in [0.29, 0.717) is 11.3 Å². The van der Waals surface area contributed by atoms with E-state index in [4.69, 9.17) is 5.26 Å². The van der Waals surface area contributed by atoms with Crippen molar-refractivity contribution >= 4 is 22.4 Å². The molecule has 114 valence electrons. The number of anilines is 2. The number of nitrogens with zero attached hydrogens (tertiary/aromatic N) is 5. The molecule has 0 atom stereocenters. The minimum absolute atomic E-state index is 0.336. The maximum Gasteiger partial charge on any atom is 0.205 e. The van der Waals surface area contributed by atoms with Crippen molar-refractivity contribution in [1.82, 2.24) is 9.36 Å². The summed E-state index contributed by atoms with van der Waals surface area (Å²) in [6.45, 7) is 5.07. The third kappa shape index (κ3) is 2.88. The highest BCUT2D eigenvalue weighted by molar-refractivity contribution is 7.09. The van der Waals surface area contributed by atoms with Crippen molar-refractivity contribution in [3.05, 3.63) is 35.4 Å². The molecule has 7 heteroatoms. The van der Waals surface area contributed by atoms with Crippen LogP contribution < -0.4 is 9.80 Å². The highest BCUT2D eigenvalue weighted by Crippen LogP contribution is 2.24. The summed E-state index contributed by atoms with van der Waals surface area (Å²) in [6, 6.07) is 6.59. The Balaban J connectivity index is 1.68. The van der Waals surface area contributed by atoms with E-state index in [0.717, 1.165) is 43.6 Å². The standard InChI is InChI=1S/C15H16FN5S/c1-2-14-18-15(22-19-14)21-7-5-20(6-8-21)13-4-3-11(10-17)9-12(13)16/h3-4,9H,2,5-8H2,1H3. The number of aryl methyl sites for hydroxylation is 1. The summed E-state index contributed by atoms with van der Waals surface area (Å²) in [5, 5.41) is 9.74. The highest BCUT2D eigenvalue weighted by atomic mass is 32.1. The number of halogens is 1. The molecule has 1 saturated heterocycles. The minimum Gasteiger partial charge on any atom is -0.366 e. The predicted molar refractivity (Wildman–Crippen MR) is 84.8 cm³/mol. The topological polar surface area (TPSA) is 56.1 Å². The molecule has 0 saturated carbocycles. The summed E-state index contributed by atoms with van der Waals surface area (Å²) < 4.78 is 18.4. The zero-order valence-corrected chi connectivity index (χ0v) is 13.1. The van der Waals surface area contributed by atoms with E-state index in [1.807, 2.05) is 17.9 Å². The molecule has 1 aliphatic heterocycles. The lowest BCUT2D eigenvalue weighted by Crippen LogP contribution is -2.46. The molecule has 0 radical (unpaired) electrons. The van der Waals surface area contributed by atoms with Gasteiger partial charge in [-0.15, -0.1) is 0 Å². The van der Waals surface area contributed by atoms with E-state index in [1.54, 1.807) is 12.1 Å². The SMILES string of the molecule is CCc1nsc(N2CCN(c3ccc(C#N)cc3F)CC2)n1. The van der Waals surface area contributed by atoms with Gasteiger partial charge in [-0.2, -0.15) is 9.64 Å². The van der Waals surface area contributed by atoms with Gasteiger partial charge in [-0.25, -0.2) is 9.37 Å². The van der Waals surface area contributed by atoms with Gasteiger partial charge in [-0.3, -0.25) is 0 Å². The molecule has 3 rings (SSSR count). The quantitative estimate of drug-likeness (QED) is 0.870. The van der Waals surface area contributed by atoms with Crippen molar-refractivity contribution in [2.75, 3.05) is 36.0 Å². The Bertz CT molecular complexity index is 700. The number of hydrogen-bond acceptors (Lipinski definition) is 6. The molecular weight excluding hydrogens is 301 g/mol. The molecule has 1 aromatic carbocycles. The molecule has 0 amide bonds. The van der Waals surface area contributed by atoms with Crippen LogP contribution in [0.25, 0.3) is 0 Å². The highest BCUT2D eigenvalue weighted by Gasteiger charge is 2.21. The molecule has 0 bridgehead atoms. The fraction of sp³-hybridized carbons (Fsp3) is 0.400. The zero-order chi connectivity index (χ0) is 15.5. The van der Waals surface area contributed by atoms with Crippen LogP contribution in [0.1, 0.15) is 18.3 Å². The van der Waals surface area contributed by atoms with Crippen molar-refractivity contribution < 1.29 is 4.39 Å². The lowest BCUT2D eigenvalue weighted by Gasteiger charge is -2.35. The predicted octanol–water partition coefficient (Wildman–Crippen LogP) is 2.44. The zero-order valence-electron chi connectivity index (χ0n) is 12.3. The first-order valence-corrected chi connectivity index (χ1v) is 8.00. The average molecular weight is 317 g/mol. The van der Waals surface area contributed by atoms with Crippen molar-refractivity contribution in [3.63, 3.8) is 0 Å². The van der Waals surface area contributed by atoms with Crippen LogP contribution in [0.15, 0.2) is 18.2 Å². The Hall–Kier alpha value is -2.20. The average Bonchev–Trinajstić information content (AvgIpc) is 3.04. The fourth-order valence-corrected chi connectivity index (χ4v) is 3.29. The second-order valence-electron chi connectivity index (χ2n) is 5.10. The first-order chi connectivity index (χ1) is 10.7. The monoisotopic (exact) mass is 317 g/mol. The number of nitriles is 1. The van der Waals surface area contributed by atoms with Crippen LogP contribution in [0.5, 0.6) is 0 Å². The molecule has 1 aromatic heterocycles. The number of rotatable bonds is 3. The number of piperazine rings is 1. The molecule has 0 unspecified atom stereocenters. The Kier molecular flexibility index (Phi) is 4.20. The normalized spacial score (nSPS) is 15.0. The number of hydrogen-bond donors (Lipinski definition) is 0.